The smallest absolute Gasteiger partial charge is 0.306 e. The zero-order valence-corrected chi connectivity index (χ0v) is 38.9. The second-order valence-electron chi connectivity index (χ2n) is 16.0. The molecule has 1 unspecified atom stereocenters. The first-order valence-electron chi connectivity index (χ1n) is 24.6. The molecular weight excluding hydrogens is 745 g/mol. The Morgan fingerprint density at radius 2 is 0.733 bits per heavy atom. The van der Waals surface area contributed by atoms with Crippen LogP contribution in [0.15, 0.2) is 85.1 Å². The van der Waals surface area contributed by atoms with Crippen molar-refractivity contribution in [3.8, 4) is 0 Å². The van der Waals surface area contributed by atoms with Crippen LogP contribution in [-0.2, 0) is 28.6 Å². The second kappa shape index (κ2) is 48.3. The fourth-order valence-corrected chi connectivity index (χ4v) is 6.45. The zero-order chi connectivity index (χ0) is 43.7. The molecule has 0 fully saturated rings. The van der Waals surface area contributed by atoms with E-state index in [9.17, 15) is 14.4 Å². The largest absolute Gasteiger partial charge is 0.462 e. The summed E-state index contributed by atoms with van der Waals surface area (Å²) in [6, 6.07) is 0. The van der Waals surface area contributed by atoms with Gasteiger partial charge in [-0.3, -0.25) is 14.4 Å². The average Bonchev–Trinajstić information content (AvgIpc) is 3.24. The maximum Gasteiger partial charge on any atom is 0.306 e. The quantitative estimate of drug-likeness (QED) is 0.0200. The Balaban J connectivity index is 4.49. The summed E-state index contributed by atoms with van der Waals surface area (Å²) in [5.74, 6) is -0.995. The van der Waals surface area contributed by atoms with Crippen LogP contribution in [-0.4, -0.2) is 37.2 Å². The van der Waals surface area contributed by atoms with E-state index in [4.69, 9.17) is 14.2 Å². The molecule has 0 amide bonds. The molecule has 342 valence electrons. The van der Waals surface area contributed by atoms with Crippen LogP contribution in [0, 0.1) is 0 Å². The predicted octanol–water partition coefficient (Wildman–Crippen LogP) is 16.0. The molecule has 0 rings (SSSR count). The Morgan fingerprint density at radius 1 is 0.367 bits per heavy atom. The number of carbonyl (C=O) groups excluding carboxylic acids is 3. The van der Waals surface area contributed by atoms with E-state index >= 15 is 0 Å². The van der Waals surface area contributed by atoms with E-state index in [1.54, 1.807) is 0 Å². The van der Waals surface area contributed by atoms with E-state index < -0.39 is 6.10 Å². The molecule has 1 atom stereocenters. The highest BCUT2D eigenvalue weighted by Crippen LogP contribution is 2.14. The molecule has 0 aliphatic rings. The molecule has 0 bridgehead atoms. The lowest BCUT2D eigenvalue weighted by atomic mass is 10.0. The van der Waals surface area contributed by atoms with Gasteiger partial charge in [-0.2, -0.15) is 0 Å². The van der Waals surface area contributed by atoms with Crippen molar-refractivity contribution in [2.45, 2.75) is 226 Å². The molecule has 0 spiro atoms. The Bertz CT molecular complexity index is 1190. The molecule has 0 saturated heterocycles. The van der Waals surface area contributed by atoms with Gasteiger partial charge in [0.1, 0.15) is 13.2 Å². The summed E-state index contributed by atoms with van der Waals surface area (Å²) in [5.41, 5.74) is 0. The minimum atomic E-state index is -0.807. The lowest BCUT2D eigenvalue weighted by molar-refractivity contribution is -0.167. The van der Waals surface area contributed by atoms with Crippen LogP contribution in [0.3, 0.4) is 0 Å². The van der Waals surface area contributed by atoms with Crippen molar-refractivity contribution in [3.05, 3.63) is 85.1 Å². The molecule has 6 heteroatoms. The van der Waals surface area contributed by atoms with Gasteiger partial charge in [0, 0.05) is 19.3 Å². The van der Waals surface area contributed by atoms with Crippen LogP contribution < -0.4 is 0 Å². The summed E-state index contributed by atoms with van der Waals surface area (Å²) < 4.78 is 16.7. The highest BCUT2D eigenvalue weighted by molar-refractivity contribution is 5.71. The number of hydrogen-bond donors (Lipinski definition) is 0. The first-order chi connectivity index (χ1) is 29.5. The Labute approximate surface area is 369 Å². The van der Waals surface area contributed by atoms with Gasteiger partial charge in [0.2, 0.25) is 0 Å². The van der Waals surface area contributed by atoms with E-state index in [0.29, 0.717) is 19.3 Å². The lowest BCUT2D eigenvalue weighted by Crippen LogP contribution is -2.30. The number of esters is 3. The van der Waals surface area contributed by atoms with Crippen molar-refractivity contribution in [1.29, 1.82) is 0 Å². The van der Waals surface area contributed by atoms with Crippen molar-refractivity contribution in [1.82, 2.24) is 0 Å². The summed E-state index contributed by atoms with van der Waals surface area (Å²) in [6.07, 6.45) is 61.4. The lowest BCUT2D eigenvalue weighted by Gasteiger charge is -2.18. The molecule has 0 aromatic heterocycles. The number of carbonyl (C=O) groups is 3. The maximum absolute atomic E-state index is 12.8. The fraction of sp³-hybridized carbons (Fsp3) is 0.685. The third-order valence-electron chi connectivity index (χ3n) is 10.2. The molecule has 0 aromatic rings. The zero-order valence-electron chi connectivity index (χ0n) is 38.9. The Hall–Kier alpha value is -3.41. The van der Waals surface area contributed by atoms with Gasteiger partial charge in [-0.15, -0.1) is 0 Å². The van der Waals surface area contributed by atoms with Gasteiger partial charge in [-0.1, -0.05) is 209 Å². The van der Waals surface area contributed by atoms with Gasteiger partial charge >= 0.3 is 17.9 Å². The molecule has 0 aliphatic heterocycles. The van der Waals surface area contributed by atoms with Crippen molar-refractivity contribution in [2.24, 2.45) is 0 Å². The monoisotopic (exact) mass is 835 g/mol. The summed E-state index contributed by atoms with van der Waals surface area (Å²) in [4.78, 5) is 37.8. The number of rotatable bonds is 43. The fourth-order valence-electron chi connectivity index (χ4n) is 6.45. The van der Waals surface area contributed by atoms with Crippen molar-refractivity contribution in [2.75, 3.05) is 13.2 Å². The normalized spacial score (nSPS) is 12.8. The summed E-state index contributed by atoms with van der Waals surface area (Å²) in [6.45, 7) is 6.39. The molecule has 0 saturated carbocycles. The Kier molecular flexibility index (Phi) is 45.5. The van der Waals surface area contributed by atoms with Crippen molar-refractivity contribution < 1.29 is 28.6 Å². The van der Waals surface area contributed by atoms with E-state index in [2.05, 4.69) is 106 Å². The van der Waals surface area contributed by atoms with Crippen LogP contribution in [0.1, 0.15) is 220 Å². The molecule has 0 radical (unpaired) electrons. The van der Waals surface area contributed by atoms with Crippen LogP contribution in [0.25, 0.3) is 0 Å². The summed E-state index contributed by atoms with van der Waals surface area (Å²) in [7, 11) is 0. The number of ether oxygens (including phenoxy) is 3. The van der Waals surface area contributed by atoms with E-state index in [0.717, 1.165) is 89.9 Å². The third kappa shape index (κ3) is 45.7. The average molecular weight is 835 g/mol. The topological polar surface area (TPSA) is 78.9 Å². The van der Waals surface area contributed by atoms with Crippen LogP contribution >= 0.6 is 0 Å². The van der Waals surface area contributed by atoms with Gasteiger partial charge < -0.3 is 14.2 Å². The number of hydrogen-bond acceptors (Lipinski definition) is 6. The van der Waals surface area contributed by atoms with Crippen LogP contribution in [0.4, 0.5) is 0 Å². The third-order valence-corrected chi connectivity index (χ3v) is 10.2. The molecule has 0 N–H and O–H groups in total. The van der Waals surface area contributed by atoms with E-state index in [1.165, 1.54) is 83.5 Å². The standard InChI is InChI=1S/C54H90O6/c1-4-7-10-13-16-19-22-24-26-27-28-30-32-35-38-41-44-47-53(56)59-50-51(49-58-52(55)46-43-40-37-34-31-21-18-15-12-9-6-3)60-54(57)48-45-42-39-36-33-29-25-23-20-17-14-11-8-5-2/h7,10,15-16,18-19,21,24,26,28,30-31,35,38,51H,4-6,8-9,11-14,17,20,22-23,25,27,29,32-34,36-37,39-50H2,1-3H3/b10-7-,18-15-,19-16-,26-24-,30-28-,31-21-,38-35-. The van der Waals surface area contributed by atoms with Gasteiger partial charge in [-0.25, -0.2) is 0 Å². The molecule has 0 heterocycles. The predicted molar refractivity (Wildman–Crippen MR) is 256 cm³/mol. The van der Waals surface area contributed by atoms with E-state index in [-0.39, 0.29) is 37.5 Å². The number of allylic oxidation sites excluding steroid dienone is 14. The van der Waals surface area contributed by atoms with Gasteiger partial charge in [0.25, 0.3) is 0 Å². The molecule has 6 nitrogen and oxygen atoms in total. The molecule has 60 heavy (non-hydrogen) atoms. The first kappa shape index (κ1) is 56.6. The highest BCUT2D eigenvalue weighted by atomic mass is 16.6. The van der Waals surface area contributed by atoms with Crippen LogP contribution in [0.5, 0.6) is 0 Å². The second-order valence-corrected chi connectivity index (χ2v) is 16.0. The van der Waals surface area contributed by atoms with Gasteiger partial charge in [-0.05, 0) is 77.0 Å². The van der Waals surface area contributed by atoms with E-state index in [1.807, 2.05) is 0 Å². The molecule has 0 aromatic carbocycles. The Morgan fingerprint density at radius 3 is 1.22 bits per heavy atom. The minimum Gasteiger partial charge on any atom is -0.462 e. The maximum atomic E-state index is 12.8. The van der Waals surface area contributed by atoms with Gasteiger partial charge in [0.05, 0.1) is 0 Å². The highest BCUT2D eigenvalue weighted by Gasteiger charge is 2.19. The van der Waals surface area contributed by atoms with Crippen molar-refractivity contribution in [3.63, 3.8) is 0 Å². The van der Waals surface area contributed by atoms with Crippen LogP contribution in [0.2, 0.25) is 0 Å². The molecular formula is C54H90O6. The SMILES string of the molecule is CC/C=C\C/C=C\C/C=C\C/C=C\C/C=C\CCCC(=O)OCC(COC(=O)CCCCC/C=C\C=C/CCCC)OC(=O)CCCCCCCCCCCCCCCC. The van der Waals surface area contributed by atoms with Crippen molar-refractivity contribution >= 4 is 17.9 Å². The first-order valence-corrected chi connectivity index (χ1v) is 24.6. The molecule has 0 aliphatic carbocycles. The minimum absolute atomic E-state index is 0.107. The van der Waals surface area contributed by atoms with Gasteiger partial charge in [0.15, 0.2) is 6.10 Å². The summed E-state index contributed by atoms with van der Waals surface area (Å²) in [5, 5.41) is 0. The number of unbranched alkanes of at least 4 members (excludes halogenated alkanes) is 19. The summed E-state index contributed by atoms with van der Waals surface area (Å²) >= 11 is 0.